The number of nitrogens with two attached hydrogens (primary N) is 3. The van der Waals surface area contributed by atoms with E-state index >= 15 is 0 Å². The van der Waals surface area contributed by atoms with Crippen molar-refractivity contribution in [3.05, 3.63) is 212 Å². The lowest BCUT2D eigenvalue weighted by Gasteiger charge is -2.35. The lowest BCUT2D eigenvalue weighted by Crippen LogP contribution is -2.44. The predicted molar refractivity (Wildman–Crippen MR) is 401 cm³/mol. The smallest absolute Gasteiger partial charge is 0.266 e. The van der Waals surface area contributed by atoms with E-state index in [-0.39, 0.29) is 72.0 Å². The van der Waals surface area contributed by atoms with Gasteiger partial charge in [0.2, 0.25) is 0 Å². The number of methoxy groups -OCH3 is 1. The highest BCUT2D eigenvalue weighted by Crippen LogP contribution is 2.44. The molecule has 4 heterocycles. The van der Waals surface area contributed by atoms with Crippen molar-refractivity contribution in [2.75, 3.05) is 45.4 Å². The number of rotatable bonds is 21. The minimum atomic E-state index is -1.26. The number of carbonyl (C=O) groups is 6. The molecule has 0 bridgehead atoms. The molecule has 0 aromatic heterocycles. The van der Waals surface area contributed by atoms with Crippen LogP contribution < -0.4 is 17.2 Å². The molecule has 3 aliphatic carbocycles. The topological polar surface area (TPSA) is 257 Å². The van der Waals surface area contributed by atoms with Gasteiger partial charge in [-0.05, 0) is 139 Å². The van der Waals surface area contributed by atoms with Crippen LogP contribution >= 0.6 is 27.5 Å². The first kappa shape index (κ1) is 74.0. The Bertz CT molecular complexity index is 4070. The zero-order valence-corrected chi connectivity index (χ0v) is 61.3. The maximum Gasteiger partial charge on any atom is 0.266 e. The summed E-state index contributed by atoms with van der Waals surface area (Å²) in [5.74, 6) is 3.40. The summed E-state index contributed by atoms with van der Waals surface area (Å²) in [6.07, 6.45) is 17.4. The molecule has 3 saturated carbocycles. The van der Waals surface area contributed by atoms with E-state index in [2.05, 4.69) is 20.9 Å². The highest BCUT2D eigenvalue weighted by Gasteiger charge is 2.52. The van der Waals surface area contributed by atoms with Crippen LogP contribution in [-0.2, 0) is 65.3 Å². The van der Waals surface area contributed by atoms with Gasteiger partial charge in [0.25, 0.3) is 23.6 Å². The third kappa shape index (κ3) is 17.2. The summed E-state index contributed by atoms with van der Waals surface area (Å²) >= 11 is 9.71. The fraction of sp³-hybridized carbons (Fsp3) is 0.438. The Morgan fingerprint density at radius 1 is 0.624 bits per heavy atom. The minimum Gasteiger partial charge on any atom is -0.384 e. The fourth-order valence-corrected chi connectivity index (χ4v) is 17.7. The largest absolute Gasteiger partial charge is 0.384 e. The Morgan fingerprint density at radius 2 is 1.21 bits per heavy atom. The van der Waals surface area contributed by atoms with Gasteiger partial charge in [0, 0.05) is 95.5 Å². The van der Waals surface area contributed by atoms with Gasteiger partial charge in [-0.1, -0.05) is 207 Å². The van der Waals surface area contributed by atoms with Crippen LogP contribution in [0.4, 0.5) is 0 Å². The van der Waals surface area contributed by atoms with Crippen molar-refractivity contribution in [1.82, 2.24) is 19.6 Å². The Labute approximate surface area is 609 Å². The van der Waals surface area contributed by atoms with Crippen molar-refractivity contribution in [2.45, 2.75) is 146 Å². The van der Waals surface area contributed by atoms with Crippen molar-refractivity contribution in [3.63, 3.8) is 0 Å². The molecule has 4 amide bonds. The van der Waals surface area contributed by atoms with Crippen LogP contribution in [0.5, 0.6) is 0 Å². The number of ketones is 2. The van der Waals surface area contributed by atoms with Gasteiger partial charge in [0.15, 0.2) is 34.7 Å². The monoisotopic (exact) mass is 1470 g/mol. The van der Waals surface area contributed by atoms with Gasteiger partial charge >= 0.3 is 0 Å². The minimum absolute atomic E-state index is 0.00919. The van der Waals surface area contributed by atoms with E-state index in [1.165, 1.54) is 41.9 Å². The van der Waals surface area contributed by atoms with Gasteiger partial charge in [0.05, 0.1) is 13.1 Å². The number of halogens is 2. The van der Waals surface area contributed by atoms with E-state index < -0.39 is 27.4 Å². The number of carbonyl (C=O) groups excluding carboxylic acids is 6. The van der Waals surface area contributed by atoms with Crippen molar-refractivity contribution in [3.8, 4) is 0 Å². The SMILES string of the molecule is CN1C(=O)[C@@](CCC2CCCCC2)(C[C@H]2CCC[C@@H](CC(=O)Cc3ccccc3Cl)C2)N=C1N.COC[C@H]1CCCC1C(=O)c1cccc(CN2C(=O)C(C)(c3cccc(Br)c3)N=C2N)c1.NC1=NC(c2ccccc2)(c2ccccc2)C(=O)N1Cc1cccc(C(=O)N2CCS(=O)CC2)c1. The van der Waals surface area contributed by atoms with Gasteiger partial charge in [-0.15, -0.1) is 0 Å². The fourth-order valence-electron chi connectivity index (χ4n) is 16.1. The number of amides is 4. The molecule has 0 spiro atoms. The first-order valence-corrected chi connectivity index (χ1v) is 38.3. The van der Waals surface area contributed by atoms with Crippen molar-refractivity contribution in [1.29, 1.82) is 0 Å². The number of likely N-dealkylation sites (N-methyl/N-ethyl adjacent to an activating group) is 1. The molecule has 101 heavy (non-hydrogen) atoms. The molecule has 4 aliphatic heterocycles. The quantitative estimate of drug-likeness (QED) is 0.0571. The number of hydrogen-bond donors (Lipinski definition) is 3. The molecule has 13 rings (SSSR count). The van der Waals surface area contributed by atoms with Crippen molar-refractivity contribution in [2.24, 2.45) is 61.8 Å². The Hall–Kier alpha value is -8.17. The molecular formula is C80H94BrClN10O8S. The molecule has 21 heteroatoms. The van der Waals surface area contributed by atoms with Crippen LogP contribution in [0.1, 0.15) is 164 Å². The van der Waals surface area contributed by atoms with Gasteiger partial charge in [-0.2, -0.15) is 0 Å². The van der Waals surface area contributed by atoms with E-state index in [0.29, 0.717) is 83.9 Å². The molecular weight excluding hydrogens is 1380 g/mol. The number of hydrogen-bond acceptors (Lipinski definition) is 14. The molecule has 532 valence electrons. The van der Waals surface area contributed by atoms with Crippen LogP contribution in [-0.4, -0.2) is 128 Å². The van der Waals surface area contributed by atoms with Crippen LogP contribution in [0, 0.1) is 29.6 Å². The average Bonchev–Trinajstić information content (AvgIpc) is 1.60. The Kier molecular flexibility index (Phi) is 24.4. The number of ether oxygens (including phenoxy) is 1. The summed E-state index contributed by atoms with van der Waals surface area (Å²) < 4.78 is 17.8. The van der Waals surface area contributed by atoms with E-state index in [9.17, 15) is 33.0 Å². The third-order valence-electron chi connectivity index (χ3n) is 21.5. The zero-order valence-electron chi connectivity index (χ0n) is 58.2. The molecule has 6 atom stereocenters. The molecule has 4 fully saturated rings. The van der Waals surface area contributed by atoms with Gasteiger partial charge in [-0.25, -0.2) is 15.0 Å². The zero-order chi connectivity index (χ0) is 71.4. The molecule has 6 aromatic carbocycles. The summed E-state index contributed by atoms with van der Waals surface area (Å²) in [6.45, 7) is 3.82. The second kappa shape index (κ2) is 33.3. The van der Waals surface area contributed by atoms with Crippen LogP contribution in [0.15, 0.2) is 177 Å². The molecule has 7 aliphatic rings. The van der Waals surface area contributed by atoms with E-state index in [1.807, 2.05) is 140 Å². The highest BCUT2D eigenvalue weighted by atomic mass is 79.9. The van der Waals surface area contributed by atoms with E-state index in [4.69, 9.17) is 43.5 Å². The number of Topliss-reactive ketones (excluding diaryl/α,β-unsaturated/α-hetero) is 2. The normalized spacial score (nSPS) is 23.7. The summed E-state index contributed by atoms with van der Waals surface area (Å²) in [5, 5.41) is 0.664. The standard InChI is InChI=1S/C28H40ClN3O2.C27H26N4O3S.C25H28BrN3O3/c1-32-26(34)28(31-27(32)30,15-14-20-8-3-2-4-9-20)19-22-11-7-10-21(16-22)17-24(33)18-23-12-5-6-13-25(23)29;28-26-29-27(22-10-3-1-4-11-22,23-12-5-2-6-13-23)25(33)31(26)19-20-8-7-9-21(18-20)24(32)30-14-16-35(34)17-15-30;1-25(19-9-5-10-20(26)13-19)23(31)29(24(27)28-25)14-16-6-3-7-17(12-16)22(30)21-11-4-8-18(21)15-32-2/h5-6,12-13,20-22H,2-4,7-11,14-19H2,1H3,(H2,30,31);1-13,18H,14-17,19H2,(H2,28,29);3,5-7,9-10,12-13,18,21H,4,8,11,14-15H2,1-2H3,(H2,27,28)/t21-,22+,28-;;18-,21?,25?/m1.1/s1. The average molecular weight is 1470 g/mol. The number of aliphatic imine (C=N–C) groups is 3. The molecule has 2 unspecified atom stereocenters. The van der Waals surface area contributed by atoms with Gasteiger partial charge in [0.1, 0.15) is 11.3 Å². The molecule has 18 nitrogen and oxygen atoms in total. The lowest BCUT2D eigenvalue weighted by atomic mass is 9.71. The Morgan fingerprint density at radius 3 is 1.85 bits per heavy atom. The summed E-state index contributed by atoms with van der Waals surface area (Å²) in [7, 11) is 2.58. The first-order chi connectivity index (χ1) is 48.7. The summed E-state index contributed by atoms with van der Waals surface area (Å²) in [5.41, 5.74) is 21.6. The molecule has 6 N–H and O–H groups in total. The maximum atomic E-state index is 14.0. The van der Waals surface area contributed by atoms with Gasteiger partial charge < -0.3 is 26.8 Å². The van der Waals surface area contributed by atoms with Gasteiger partial charge in [-0.3, -0.25) is 47.7 Å². The molecule has 0 radical (unpaired) electrons. The van der Waals surface area contributed by atoms with Crippen LogP contribution in [0.3, 0.4) is 0 Å². The second-order valence-electron chi connectivity index (χ2n) is 28.4. The lowest BCUT2D eigenvalue weighted by molar-refractivity contribution is -0.132. The molecule has 1 saturated heterocycles. The predicted octanol–water partition coefficient (Wildman–Crippen LogP) is 12.7. The van der Waals surface area contributed by atoms with Crippen LogP contribution in [0.25, 0.3) is 0 Å². The highest BCUT2D eigenvalue weighted by molar-refractivity contribution is 9.10. The van der Waals surface area contributed by atoms with Crippen molar-refractivity contribution < 1.29 is 37.7 Å². The number of benzene rings is 6. The van der Waals surface area contributed by atoms with Crippen molar-refractivity contribution >= 4 is 91.4 Å². The van der Waals surface area contributed by atoms with E-state index in [0.717, 1.165) is 102 Å². The summed E-state index contributed by atoms with van der Waals surface area (Å²) in [4.78, 5) is 99.9. The first-order valence-electron chi connectivity index (χ1n) is 35.6. The summed E-state index contributed by atoms with van der Waals surface area (Å²) in [6, 6.07) is 48.7. The maximum absolute atomic E-state index is 14.0. The third-order valence-corrected chi connectivity index (χ3v) is 23.7. The van der Waals surface area contributed by atoms with E-state index in [1.54, 1.807) is 49.1 Å². The number of guanidine groups is 3. The second-order valence-corrected chi connectivity index (χ2v) is 31.4. The Balaban J connectivity index is 0.000000153. The van der Waals surface area contributed by atoms with Crippen LogP contribution in [0.2, 0.25) is 5.02 Å². The number of nitrogens with zero attached hydrogens (tertiary/aromatic N) is 7. The molecule has 6 aromatic rings.